The van der Waals surface area contributed by atoms with E-state index in [1.54, 1.807) is 12.5 Å². The zero-order valence-corrected chi connectivity index (χ0v) is 14.8. The normalized spacial score (nSPS) is 26.8. The summed E-state index contributed by atoms with van der Waals surface area (Å²) in [4.78, 5) is 7.14. The number of benzene rings is 1. The standard InChI is InChI=1S/C21H27N3O/c1-2-4-19(20-23-9-12-25-20)18(3-1)16-6-10-24(11-7-16)17-5-8-21(13-17)14-22-15-21/h1-4,9,12,16-17,22H,5-8,10-11,13-15H2. The van der Waals surface area contributed by atoms with E-state index in [9.17, 15) is 0 Å². The van der Waals surface area contributed by atoms with E-state index < -0.39 is 0 Å². The molecule has 0 radical (unpaired) electrons. The van der Waals surface area contributed by atoms with Crippen molar-refractivity contribution >= 4 is 0 Å². The number of nitrogens with one attached hydrogen (secondary N) is 1. The number of oxazole rings is 1. The lowest BCUT2D eigenvalue weighted by Crippen LogP contribution is -2.52. The van der Waals surface area contributed by atoms with Gasteiger partial charge in [0.05, 0.1) is 6.20 Å². The van der Waals surface area contributed by atoms with Crippen LogP contribution in [0.1, 0.15) is 43.6 Å². The quantitative estimate of drug-likeness (QED) is 0.928. The molecule has 2 aromatic rings. The summed E-state index contributed by atoms with van der Waals surface area (Å²) in [7, 11) is 0. The fourth-order valence-electron chi connectivity index (χ4n) is 5.27. The van der Waals surface area contributed by atoms with E-state index in [0.29, 0.717) is 11.3 Å². The van der Waals surface area contributed by atoms with Crippen molar-refractivity contribution in [3.05, 3.63) is 42.3 Å². The number of likely N-dealkylation sites (tertiary alicyclic amines) is 1. The fourth-order valence-corrected chi connectivity index (χ4v) is 5.27. The minimum absolute atomic E-state index is 0.625. The maximum Gasteiger partial charge on any atom is 0.226 e. The van der Waals surface area contributed by atoms with E-state index in [-0.39, 0.29) is 0 Å². The van der Waals surface area contributed by atoms with Crippen LogP contribution in [0.5, 0.6) is 0 Å². The Balaban J connectivity index is 1.27. The molecule has 0 bridgehead atoms. The average molecular weight is 337 g/mol. The Morgan fingerprint density at radius 2 is 1.96 bits per heavy atom. The molecule has 132 valence electrons. The molecule has 1 spiro atoms. The molecule has 1 atom stereocenters. The lowest BCUT2D eigenvalue weighted by Gasteiger charge is -2.41. The highest BCUT2D eigenvalue weighted by Gasteiger charge is 2.45. The van der Waals surface area contributed by atoms with Gasteiger partial charge in [0.15, 0.2) is 0 Å². The van der Waals surface area contributed by atoms with Gasteiger partial charge >= 0.3 is 0 Å². The summed E-state index contributed by atoms with van der Waals surface area (Å²) < 4.78 is 5.57. The van der Waals surface area contributed by atoms with Gasteiger partial charge in [0, 0.05) is 24.7 Å². The molecular weight excluding hydrogens is 310 g/mol. The molecule has 1 saturated carbocycles. The van der Waals surface area contributed by atoms with Gasteiger partial charge in [-0.2, -0.15) is 0 Å². The maximum atomic E-state index is 5.57. The first kappa shape index (κ1) is 15.6. The number of nitrogens with zero attached hydrogens (tertiary/aromatic N) is 2. The molecule has 1 aliphatic carbocycles. The van der Waals surface area contributed by atoms with Crippen molar-refractivity contribution in [3.63, 3.8) is 0 Å². The molecule has 4 heteroatoms. The van der Waals surface area contributed by atoms with E-state index in [1.165, 1.54) is 69.4 Å². The Morgan fingerprint density at radius 1 is 1.12 bits per heavy atom. The van der Waals surface area contributed by atoms with Gasteiger partial charge in [0.1, 0.15) is 6.26 Å². The first-order valence-corrected chi connectivity index (χ1v) is 9.77. The van der Waals surface area contributed by atoms with Crippen LogP contribution in [0.25, 0.3) is 11.5 Å². The van der Waals surface area contributed by atoms with Crippen LogP contribution in [0.3, 0.4) is 0 Å². The first-order valence-electron chi connectivity index (χ1n) is 9.77. The molecule has 1 unspecified atom stereocenters. The first-order chi connectivity index (χ1) is 12.3. The van der Waals surface area contributed by atoms with E-state index in [4.69, 9.17) is 4.42 Å². The second-order valence-corrected chi connectivity index (χ2v) is 8.23. The zero-order chi connectivity index (χ0) is 16.7. The monoisotopic (exact) mass is 337 g/mol. The van der Waals surface area contributed by atoms with E-state index in [0.717, 1.165) is 11.9 Å². The van der Waals surface area contributed by atoms with Gasteiger partial charge in [0.2, 0.25) is 5.89 Å². The Hall–Kier alpha value is -1.65. The summed E-state index contributed by atoms with van der Waals surface area (Å²) in [5.41, 5.74) is 3.24. The average Bonchev–Trinajstić information content (AvgIpc) is 3.32. The van der Waals surface area contributed by atoms with Gasteiger partial charge in [-0.05, 0) is 68.2 Å². The topological polar surface area (TPSA) is 41.3 Å². The maximum absolute atomic E-state index is 5.57. The summed E-state index contributed by atoms with van der Waals surface area (Å²) >= 11 is 0. The Morgan fingerprint density at radius 3 is 2.64 bits per heavy atom. The van der Waals surface area contributed by atoms with Crippen LogP contribution in [0.15, 0.2) is 41.1 Å². The SMILES string of the molecule is c1ccc(C2CCN(C3CCC4(CNC4)C3)CC2)c(-c2ncco2)c1. The molecule has 25 heavy (non-hydrogen) atoms. The van der Waals surface area contributed by atoms with Crippen LogP contribution in [0.2, 0.25) is 0 Å². The highest BCUT2D eigenvalue weighted by Crippen LogP contribution is 2.44. The van der Waals surface area contributed by atoms with Crippen molar-refractivity contribution in [2.24, 2.45) is 5.41 Å². The lowest BCUT2D eigenvalue weighted by atomic mass is 9.80. The highest BCUT2D eigenvalue weighted by atomic mass is 16.3. The molecule has 1 aromatic heterocycles. The largest absolute Gasteiger partial charge is 0.445 e. The number of hydrogen-bond donors (Lipinski definition) is 1. The fraction of sp³-hybridized carbons (Fsp3) is 0.571. The van der Waals surface area contributed by atoms with Gasteiger partial charge in [-0.3, -0.25) is 0 Å². The number of piperidine rings is 1. The van der Waals surface area contributed by atoms with E-state index in [2.05, 4.69) is 39.5 Å². The third kappa shape index (κ3) is 2.81. The second-order valence-electron chi connectivity index (χ2n) is 8.23. The third-order valence-electron chi connectivity index (χ3n) is 6.79. The molecule has 2 saturated heterocycles. The molecule has 2 aliphatic heterocycles. The number of hydrogen-bond acceptors (Lipinski definition) is 4. The van der Waals surface area contributed by atoms with Gasteiger partial charge in [-0.15, -0.1) is 0 Å². The molecule has 3 aliphatic rings. The summed E-state index contributed by atoms with van der Waals surface area (Å²) in [6.07, 6.45) is 10.1. The molecular formula is C21H27N3O. The summed E-state index contributed by atoms with van der Waals surface area (Å²) in [5, 5.41) is 3.48. The van der Waals surface area contributed by atoms with Crippen molar-refractivity contribution in [1.82, 2.24) is 15.2 Å². The van der Waals surface area contributed by atoms with Crippen molar-refractivity contribution in [1.29, 1.82) is 0 Å². The van der Waals surface area contributed by atoms with Crippen molar-refractivity contribution in [2.75, 3.05) is 26.2 Å². The van der Waals surface area contributed by atoms with E-state index >= 15 is 0 Å². The zero-order valence-electron chi connectivity index (χ0n) is 14.8. The Bertz CT molecular complexity index is 715. The number of aromatic nitrogens is 1. The summed E-state index contributed by atoms with van der Waals surface area (Å²) in [6.45, 7) is 4.98. The molecule has 1 N–H and O–H groups in total. The van der Waals surface area contributed by atoms with Crippen LogP contribution in [0, 0.1) is 5.41 Å². The molecule has 4 nitrogen and oxygen atoms in total. The van der Waals surface area contributed by atoms with Crippen LogP contribution in [0.4, 0.5) is 0 Å². The molecule has 5 rings (SSSR count). The molecule has 1 aromatic carbocycles. The van der Waals surface area contributed by atoms with Crippen LogP contribution < -0.4 is 5.32 Å². The van der Waals surface area contributed by atoms with Crippen molar-refractivity contribution in [2.45, 2.75) is 44.1 Å². The summed E-state index contributed by atoms with van der Waals surface area (Å²) in [6, 6.07) is 9.48. The minimum atomic E-state index is 0.625. The van der Waals surface area contributed by atoms with Gasteiger partial charge in [-0.1, -0.05) is 18.2 Å². The van der Waals surface area contributed by atoms with Crippen molar-refractivity contribution < 1.29 is 4.42 Å². The van der Waals surface area contributed by atoms with Gasteiger partial charge in [0.25, 0.3) is 0 Å². The molecule has 0 amide bonds. The minimum Gasteiger partial charge on any atom is -0.445 e. The van der Waals surface area contributed by atoms with Crippen LogP contribution >= 0.6 is 0 Å². The predicted octanol–water partition coefficient (Wildman–Crippen LogP) is 3.66. The Kier molecular flexibility index (Phi) is 3.90. The van der Waals surface area contributed by atoms with Crippen molar-refractivity contribution in [3.8, 4) is 11.5 Å². The Labute approximate surface area is 149 Å². The van der Waals surface area contributed by atoms with Gasteiger partial charge in [-0.25, -0.2) is 4.98 Å². The summed E-state index contributed by atoms with van der Waals surface area (Å²) in [5.74, 6) is 1.38. The van der Waals surface area contributed by atoms with E-state index in [1.807, 2.05) is 0 Å². The third-order valence-corrected chi connectivity index (χ3v) is 6.79. The number of rotatable bonds is 3. The smallest absolute Gasteiger partial charge is 0.226 e. The lowest BCUT2D eigenvalue weighted by molar-refractivity contribution is 0.120. The highest BCUT2D eigenvalue weighted by molar-refractivity contribution is 5.59. The second kappa shape index (κ2) is 6.26. The predicted molar refractivity (Wildman–Crippen MR) is 98.4 cm³/mol. The van der Waals surface area contributed by atoms with Crippen LogP contribution in [-0.2, 0) is 0 Å². The molecule has 3 fully saturated rings. The molecule has 3 heterocycles. The van der Waals surface area contributed by atoms with Crippen LogP contribution in [-0.4, -0.2) is 42.1 Å². The van der Waals surface area contributed by atoms with Gasteiger partial charge < -0.3 is 14.6 Å².